The van der Waals surface area contributed by atoms with Crippen LogP contribution in [0.2, 0.25) is 5.02 Å². The molecule has 4 aromatic rings. The summed E-state index contributed by atoms with van der Waals surface area (Å²) in [6, 6.07) is 16.3. The van der Waals surface area contributed by atoms with Crippen molar-refractivity contribution in [3.8, 4) is 5.75 Å². The van der Waals surface area contributed by atoms with Gasteiger partial charge in [0.15, 0.2) is 5.65 Å². The second kappa shape index (κ2) is 11.8. The van der Waals surface area contributed by atoms with Gasteiger partial charge in [0.1, 0.15) is 5.75 Å². The summed E-state index contributed by atoms with van der Waals surface area (Å²) in [5, 5.41) is 12.5. The van der Waals surface area contributed by atoms with E-state index in [1.54, 1.807) is 19.5 Å². The fourth-order valence-electron chi connectivity index (χ4n) is 4.97. The molecule has 0 spiro atoms. The van der Waals surface area contributed by atoms with E-state index in [0.717, 1.165) is 54.8 Å². The third-order valence-electron chi connectivity index (χ3n) is 7.07. The molecule has 2 N–H and O–H groups in total. The molecular weight excluding hydrogens is 500 g/mol. The number of aromatic nitrogens is 3. The van der Waals surface area contributed by atoms with Crippen LogP contribution in [0.25, 0.3) is 11.0 Å². The quantitative estimate of drug-likeness (QED) is 0.311. The van der Waals surface area contributed by atoms with Gasteiger partial charge in [0.25, 0.3) is 5.91 Å². The van der Waals surface area contributed by atoms with Gasteiger partial charge in [-0.3, -0.25) is 9.69 Å². The number of nitrogens with zero attached hydrogens (tertiary/aromatic N) is 4. The lowest BCUT2D eigenvalue weighted by Gasteiger charge is -2.32. The maximum Gasteiger partial charge on any atom is 0.255 e. The molecule has 0 atom stereocenters. The topological polar surface area (TPSA) is 84.3 Å². The van der Waals surface area contributed by atoms with Crippen molar-refractivity contribution in [3.05, 3.63) is 82.6 Å². The Morgan fingerprint density at radius 3 is 2.61 bits per heavy atom. The Morgan fingerprint density at radius 1 is 1.11 bits per heavy atom. The molecule has 0 unspecified atom stereocenters. The molecule has 0 aliphatic carbocycles. The van der Waals surface area contributed by atoms with Crippen molar-refractivity contribution in [1.82, 2.24) is 25.0 Å². The van der Waals surface area contributed by atoms with E-state index in [0.29, 0.717) is 29.4 Å². The molecule has 0 bridgehead atoms. The zero-order valence-electron chi connectivity index (χ0n) is 21.8. The molecule has 2 aromatic heterocycles. The average Bonchev–Trinajstić information content (AvgIpc) is 3.37. The highest BCUT2D eigenvalue weighted by atomic mass is 35.5. The first-order valence-electron chi connectivity index (χ1n) is 13.0. The summed E-state index contributed by atoms with van der Waals surface area (Å²) in [4.78, 5) is 20.5. The molecule has 9 heteroatoms. The van der Waals surface area contributed by atoms with Gasteiger partial charge < -0.3 is 15.4 Å². The minimum atomic E-state index is -0.125. The molecule has 0 radical (unpaired) electrons. The van der Waals surface area contributed by atoms with E-state index in [4.69, 9.17) is 16.3 Å². The molecular formula is C29H33ClN6O2. The largest absolute Gasteiger partial charge is 0.495 e. The van der Waals surface area contributed by atoms with Crippen LogP contribution in [-0.2, 0) is 19.6 Å². The van der Waals surface area contributed by atoms with Crippen LogP contribution in [0.5, 0.6) is 5.75 Å². The van der Waals surface area contributed by atoms with E-state index < -0.39 is 0 Å². The Hall–Kier alpha value is -3.62. The standard InChI is InChI=1S/C29H33ClN6O2/c1-3-36-28-23(18-33-36)27(31-16-21-9-10-26(38-2)25(30)15-21)24(17-32-28)29(37)34-22-11-13-35(14-12-22)19-20-7-5-4-6-8-20/h4-10,15,17-18,22H,3,11-14,16,19H2,1-2H3,(H,31,32)(H,34,37). The van der Waals surface area contributed by atoms with Gasteiger partial charge in [-0.2, -0.15) is 5.10 Å². The molecule has 1 fully saturated rings. The van der Waals surface area contributed by atoms with Crippen LogP contribution in [0.1, 0.15) is 41.3 Å². The van der Waals surface area contributed by atoms with Crippen molar-refractivity contribution in [2.45, 2.75) is 45.4 Å². The number of benzene rings is 2. The minimum absolute atomic E-state index is 0.122. The lowest BCUT2D eigenvalue weighted by atomic mass is 10.0. The van der Waals surface area contributed by atoms with Crippen LogP contribution in [0.4, 0.5) is 5.69 Å². The third-order valence-corrected chi connectivity index (χ3v) is 7.36. The van der Waals surface area contributed by atoms with Gasteiger partial charge in [-0.25, -0.2) is 9.67 Å². The van der Waals surface area contributed by atoms with Gasteiger partial charge in [-0.05, 0) is 43.0 Å². The van der Waals surface area contributed by atoms with E-state index in [2.05, 4.69) is 49.9 Å². The number of halogens is 1. The Bertz CT molecular complexity index is 1400. The smallest absolute Gasteiger partial charge is 0.255 e. The Balaban J connectivity index is 1.30. The van der Waals surface area contributed by atoms with Crippen molar-refractivity contribution in [2.24, 2.45) is 0 Å². The predicted molar refractivity (Wildman–Crippen MR) is 151 cm³/mol. The summed E-state index contributed by atoms with van der Waals surface area (Å²) in [6.07, 6.45) is 5.25. The van der Waals surface area contributed by atoms with Gasteiger partial charge in [-0.1, -0.05) is 48.0 Å². The highest BCUT2D eigenvalue weighted by Crippen LogP contribution is 2.29. The van der Waals surface area contributed by atoms with E-state index in [1.807, 2.05) is 35.9 Å². The highest BCUT2D eigenvalue weighted by Gasteiger charge is 2.24. The first-order chi connectivity index (χ1) is 18.6. The molecule has 1 saturated heterocycles. The highest BCUT2D eigenvalue weighted by molar-refractivity contribution is 6.32. The second-order valence-electron chi connectivity index (χ2n) is 9.58. The number of ether oxygens (including phenoxy) is 1. The number of hydrogen-bond donors (Lipinski definition) is 2. The number of likely N-dealkylation sites (tertiary alicyclic amines) is 1. The van der Waals surface area contributed by atoms with E-state index >= 15 is 0 Å². The first kappa shape index (κ1) is 26.0. The number of anilines is 1. The summed E-state index contributed by atoms with van der Waals surface area (Å²) in [6.45, 7) is 6.03. The average molecular weight is 533 g/mol. The molecule has 3 heterocycles. The normalized spacial score (nSPS) is 14.5. The second-order valence-corrected chi connectivity index (χ2v) is 9.98. The number of amides is 1. The number of nitrogens with one attached hydrogen (secondary N) is 2. The maximum absolute atomic E-state index is 13.5. The van der Waals surface area contributed by atoms with Crippen LogP contribution in [0.15, 0.2) is 60.9 Å². The van der Waals surface area contributed by atoms with Crippen LogP contribution in [0.3, 0.4) is 0 Å². The van der Waals surface area contributed by atoms with Gasteiger partial charge in [0.05, 0.1) is 35.0 Å². The van der Waals surface area contributed by atoms with Crippen LogP contribution < -0.4 is 15.4 Å². The summed E-state index contributed by atoms with van der Waals surface area (Å²) >= 11 is 6.33. The zero-order valence-corrected chi connectivity index (χ0v) is 22.5. The zero-order chi connectivity index (χ0) is 26.5. The Morgan fingerprint density at radius 2 is 1.89 bits per heavy atom. The summed E-state index contributed by atoms with van der Waals surface area (Å²) < 4.78 is 7.10. The van der Waals surface area contributed by atoms with Crippen LogP contribution in [-0.4, -0.2) is 51.8 Å². The van der Waals surface area contributed by atoms with Gasteiger partial charge in [0.2, 0.25) is 0 Å². The summed E-state index contributed by atoms with van der Waals surface area (Å²) in [5.74, 6) is 0.501. The van der Waals surface area contributed by atoms with Gasteiger partial charge in [0, 0.05) is 45.0 Å². The molecule has 1 amide bonds. The minimum Gasteiger partial charge on any atom is -0.495 e. The number of carbonyl (C=O) groups is 1. The lowest BCUT2D eigenvalue weighted by molar-refractivity contribution is 0.0909. The number of rotatable bonds is 9. The SMILES string of the molecule is CCn1ncc2c(NCc3ccc(OC)c(Cl)c3)c(C(=O)NC3CCN(Cc4ccccc4)CC3)cnc21. The molecule has 0 saturated carbocycles. The van der Waals surface area contributed by atoms with E-state index in [1.165, 1.54) is 5.56 Å². The lowest BCUT2D eigenvalue weighted by Crippen LogP contribution is -2.44. The van der Waals surface area contributed by atoms with E-state index in [9.17, 15) is 4.79 Å². The van der Waals surface area contributed by atoms with Crippen molar-refractivity contribution >= 4 is 34.2 Å². The number of fused-ring (bicyclic) bond motifs is 1. The monoisotopic (exact) mass is 532 g/mol. The summed E-state index contributed by atoms with van der Waals surface area (Å²) in [5.41, 5.74) is 4.27. The fraction of sp³-hybridized carbons (Fsp3) is 0.345. The van der Waals surface area contributed by atoms with Gasteiger partial charge >= 0.3 is 0 Å². The fourth-order valence-corrected chi connectivity index (χ4v) is 5.25. The number of methoxy groups -OCH3 is 1. The maximum atomic E-state index is 13.5. The predicted octanol–water partition coefficient (Wildman–Crippen LogP) is 5.12. The van der Waals surface area contributed by atoms with Gasteiger partial charge in [-0.15, -0.1) is 0 Å². The Kier molecular flexibility index (Phi) is 8.10. The molecule has 2 aromatic carbocycles. The number of aryl methyl sites for hydroxylation is 1. The number of piperidine rings is 1. The third kappa shape index (κ3) is 5.76. The first-order valence-corrected chi connectivity index (χ1v) is 13.4. The molecule has 8 nitrogen and oxygen atoms in total. The van der Waals surface area contributed by atoms with Crippen molar-refractivity contribution < 1.29 is 9.53 Å². The van der Waals surface area contributed by atoms with Crippen molar-refractivity contribution in [1.29, 1.82) is 0 Å². The molecule has 1 aliphatic heterocycles. The molecule has 198 valence electrons. The molecule has 1 aliphatic rings. The number of pyridine rings is 1. The number of hydrogen-bond acceptors (Lipinski definition) is 6. The van der Waals surface area contributed by atoms with Crippen molar-refractivity contribution in [3.63, 3.8) is 0 Å². The van der Waals surface area contributed by atoms with Crippen molar-refractivity contribution in [2.75, 3.05) is 25.5 Å². The molecule has 38 heavy (non-hydrogen) atoms. The van der Waals surface area contributed by atoms with E-state index in [-0.39, 0.29) is 11.9 Å². The molecule has 5 rings (SSSR count). The van der Waals surface area contributed by atoms with Crippen LogP contribution in [0, 0.1) is 0 Å². The number of carbonyl (C=O) groups excluding carboxylic acids is 1. The van der Waals surface area contributed by atoms with Crippen LogP contribution >= 0.6 is 11.6 Å². The Labute approximate surface area is 228 Å². The summed E-state index contributed by atoms with van der Waals surface area (Å²) in [7, 11) is 1.59.